The second-order valence-electron chi connectivity index (χ2n) is 6.53. The number of amides is 1. The van der Waals surface area contributed by atoms with E-state index in [1.165, 1.54) is 0 Å². The number of rotatable bonds is 5. The summed E-state index contributed by atoms with van der Waals surface area (Å²) >= 11 is 3.59. The van der Waals surface area contributed by atoms with E-state index in [0.29, 0.717) is 17.4 Å². The van der Waals surface area contributed by atoms with Crippen molar-refractivity contribution in [2.24, 2.45) is 11.8 Å². The quantitative estimate of drug-likeness (QED) is 0.798. The lowest BCUT2D eigenvalue weighted by molar-refractivity contribution is -0.0435. The molecule has 0 heterocycles. The average molecular weight is 368 g/mol. The maximum absolute atomic E-state index is 12.7. The van der Waals surface area contributed by atoms with Crippen molar-refractivity contribution in [2.45, 2.75) is 44.8 Å². The van der Waals surface area contributed by atoms with Crippen LogP contribution in [0.3, 0.4) is 0 Å². The van der Waals surface area contributed by atoms with Crippen molar-refractivity contribution >= 4 is 21.8 Å². The van der Waals surface area contributed by atoms with Gasteiger partial charge in [0.2, 0.25) is 0 Å². The molecule has 1 amide bonds. The molecule has 4 heteroatoms. The van der Waals surface area contributed by atoms with Gasteiger partial charge in [-0.1, -0.05) is 48.0 Å². The number of carbonyl (C=O) groups is 1. The molecule has 3 unspecified atom stereocenters. The van der Waals surface area contributed by atoms with Gasteiger partial charge in [0.1, 0.15) is 0 Å². The van der Waals surface area contributed by atoms with Crippen LogP contribution in [-0.2, 0) is 4.74 Å². The van der Waals surface area contributed by atoms with Gasteiger partial charge in [0, 0.05) is 18.0 Å². The summed E-state index contributed by atoms with van der Waals surface area (Å²) in [6, 6.07) is 9.43. The highest BCUT2D eigenvalue weighted by Crippen LogP contribution is 2.39. The fourth-order valence-electron chi connectivity index (χ4n) is 3.50. The van der Waals surface area contributed by atoms with Gasteiger partial charge in [0.05, 0.1) is 11.6 Å². The van der Waals surface area contributed by atoms with Gasteiger partial charge >= 0.3 is 0 Å². The maximum Gasteiger partial charge on any atom is 0.251 e. The highest BCUT2D eigenvalue weighted by molar-refractivity contribution is 9.09. The second kappa shape index (κ2) is 7.60. The summed E-state index contributed by atoms with van der Waals surface area (Å²) in [5.74, 6) is 0.931. The van der Waals surface area contributed by atoms with E-state index in [1.807, 2.05) is 30.3 Å². The summed E-state index contributed by atoms with van der Waals surface area (Å²) < 4.78 is 5.80. The molecular formula is C18H26BrNO2. The molecule has 0 bridgehead atoms. The molecule has 1 aliphatic rings. The van der Waals surface area contributed by atoms with Crippen molar-refractivity contribution in [3.63, 3.8) is 0 Å². The van der Waals surface area contributed by atoms with Crippen LogP contribution in [0.15, 0.2) is 30.3 Å². The predicted octanol–water partition coefficient (Wildman–Crippen LogP) is 4.02. The Bertz CT molecular complexity index is 491. The molecule has 0 aliphatic heterocycles. The number of nitrogens with one attached hydrogen (secondary N) is 1. The third-order valence-corrected chi connectivity index (χ3v) is 5.92. The second-order valence-corrected chi connectivity index (χ2v) is 7.18. The summed E-state index contributed by atoms with van der Waals surface area (Å²) in [4.78, 5) is 12.7. The Balaban J connectivity index is 2.23. The standard InChI is InChI=1S/C18H26BrNO2/c1-13(2)18(10-9-14(12-19)11-16(18)22-3)20-17(21)15-7-5-4-6-8-15/h4-8,13-14,16H,9-12H2,1-3H3,(H,20,21). The SMILES string of the molecule is COC1CC(CBr)CCC1(NC(=O)c1ccccc1)C(C)C. The zero-order valence-electron chi connectivity index (χ0n) is 13.6. The van der Waals surface area contributed by atoms with Crippen molar-refractivity contribution in [3.05, 3.63) is 35.9 Å². The molecule has 0 saturated heterocycles. The molecule has 0 radical (unpaired) electrons. The molecule has 2 rings (SSSR count). The summed E-state index contributed by atoms with van der Waals surface area (Å²) in [6.07, 6.45) is 3.10. The van der Waals surface area contributed by atoms with E-state index >= 15 is 0 Å². The van der Waals surface area contributed by atoms with Crippen LogP contribution in [0.25, 0.3) is 0 Å². The molecule has 3 nitrogen and oxygen atoms in total. The van der Waals surface area contributed by atoms with Gasteiger partial charge < -0.3 is 10.1 Å². The topological polar surface area (TPSA) is 38.3 Å². The van der Waals surface area contributed by atoms with Crippen LogP contribution in [0.2, 0.25) is 0 Å². The van der Waals surface area contributed by atoms with Gasteiger partial charge in [-0.2, -0.15) is 0 Å². The van der Waals surface area contributed by atoms with E-state index in [1.54, 1.807) is 7.11 Å². The molecule has 0 aromatic heterocycles. The summed E-state index contributed by atoms with van der Waals surface area (Å²) in [5.41, 5.74) is 0.417. The highest BCUT2D eigenvalue weighted by Gasteiger charge is 2.47. The first-order valence-corrected chi connectivity index (χ1v) is 9.12. The zero-order chi connectivity index (χ0) is 16.2. The van der Waals surface area contributed by atoms with Crippen molar-refractivity contribution in [2.75, 3.05) is 12.4 Å². The van der Waals surface area contributed by atoms with E-state index < -0.39 is 0 Å². The molecule has 1 aromatic carbocycles. The van der Waals surface area contributed by atoms with Crippen molar-refractivity contribution in [1.29, 1.82) is 0 Å². The fourth-order valence-corrected chi connectivity index (χ4v) is 4.09. The van der Waals surface area contributed by atoms with E-state index in [2.05, 4.69) is 35.1 Å². The van der Waals surface area contributed by atoms with Crippen LogP contribution >= 0.6 is 15.9 Å². The van der Waals surface area contributed by atoms with Crippen LogP contribution in [0.5, 0.6) is 0 Å². The normalized spacial score (nSPS) is 28.6. The van der Waals surface area contributed by atoms with Gasteiger partial charge in [0.25, 0.3) is 5.91 Å². The first-order chi connectivity index (χ1) is 10.5. The Morgan fingerprint density at radius 3 is 2.64 bits per heavy atom. The minimum Gasteiger partial charge on any atom is -0.379 e. The number of ether oxygens (including phenoxy) is 1. The van der Waals surface area contributed by atoms with E-state index in [4.69, 9.17) is 4.74 Å². The monoisotopic (exact) mass is 367 g/mol. The van der Waals surface area contributed by atoms with Crippen molar-refractivity contribution < 1.29 is 9.53 Å². The molecule has 1 fully saturated rings. The van der Waals surface area contributed by atoms with Crippen LogP contribution in [0, 0.1) is 11.8 Å². The van der Waals surface area contributed by atoms with Gasteiger partial charge in [0.15, 0.2) is 0 Å². The lowest BCUT2D eigenvalue weighted by atomic mass is 9.68. The molecule has 3 atom stereocenters. The zero-order valence-corrected chi connectivity index (χ0v) is 15.2. The van der Waals surface area contributed by atoms with E-state index in [0.717, 1.165) is 24.6 Å². The molecule has 1 aliphatic carbocycles. The van der Waals surface area contributed by atoms with Gasteiger partial charge in [-0.05, 0) is 43.2 Å². The molecule has 1 aromatic rings. The largest absolute Gasteiger partial charge is 0.379 e. The number of benzene rings is 1. The lowest BCUT2D eigenvalue weighted by Gasteiger charge is -2.49. The average Bonchev–Trinajstić information content (AvgIpc) is 2.55. The Labute approximate surface area is 141 Å². The fraction of sp³-hybridized carbons (Fsp3) is 0.611. The Morgan fingerprint density at radius 2 is 2.09 bits per heavy atom. The summed E-state index contributed by atoms with van der Waals surface area (Å²) in [7, 11) is 1.76. The smallest absolute Gasteiger partial charge is 0.251 e. The molecular weight excluding hydrogens is 342 g/mol. The number of methoxy groups -OCH3 is 1. The first-order valence-electron chi connectivity index (χ1n) is 7.99. The van der Waals surface area contributed by atoms with Crippen LogP contribution in [0.1, 0.15) is 43.5 Å². The highest BCUT2D eigenvalue weighted by atomic mass is 79.9. The molecule has 22 heavy (non-hydrogen) atoms. The maximum atomic E-state index is 12.7. The number of hydrogen-bond acceptors (Lipinski definition) is 2. The molecule has 1 saturated carbocycles. The number of alkyl halides is 1. The van der Waals surface area contributed by atoms with Crippen LogP contribution in [-0.4, -0.2) is 30.0 Å². The summed E-state index contributed by atoms with van der Waals surface area (Å²) in [6.45, 7) is 4.34. The molecule has 122 valence electrons. The minimum atomic E-state index is -0.291. The van der Waals surface area contributed by atoms with Gasteiger partial charge in [-0.15, -0.1) is 0 Å². The number of halogens is 1. The van der Waals surface area contributed by atoms with Crippen LogP contribution in [0.4, 0.5) is 0 Å². The van der Waals surface area contributed by atoms with Gasteiger partial charge in [-0.25, -0.2) is 0 Å². The van der Waals surface area contributed by atoms with E-state index in [-0.39, 0.29) is 17.6 Å². The first kappa shape index (κ1) is 17.5. The lowest BCUT2D eigenvalue weighted by Crippen LogP contribution is -2.63. The third kappa shape index (κ3) is 3.54. The van der Waals surface area contributed by atoms with E-state index in [9.17, 15) is 4.79 Å². The number of carbonyl (C=O) groups excluding carboxylic acids is 1. The Morgan fingerprint density at radius 1 is 1.41 bits per heavy atom. The van der Waals surface area contributed by atoms with Crippen molar-refractivity contribution in [3.8, 4) is 0 Å². The molecule has 0 spiro atoms. The minimum absolute atomic E-state index is 0.00589. The van der Waals surface area contributed by atoms with Crippen LogP contribution < -0.4 is 5.32 Å². The molecule has 1 N–H and O–H groups in total. The number of hydrogen-bond donors (Lipinski definition) is 1. The van der Waals surface area contributed by atoms with Gasteiger partial charge in [-0.3, -0.25) is 4.79 Å². The third-order valence-electron chi connectivity index (χ3n) is 5.00. The Kier molecular flexibility index (Phi) is 6.04. The summed E-state index contributed by atoms with van der Waals surface area (Å²) in [5, 5.41) is 4.31. The van der Waals surface area contributed by atoms with Crippen molar-refractivity contribution in [1.82, 2.24) is 5.32 Å². The Hall–Kier alpha value is -0.870. The predicted molar refractivity (Wildman–Crippen MR) is 93.4 cm³/mol.